The van der Waals surface area contributed by atoms with E-state index in [1.165, 1.54) is 0 Å². The lowest BCUT2D eigenvalue weighted by Crippen LogP contribution is -2.40. The molecule has 154 valence electrons. The first-order valence-electron chi connectivity index (χ1n) is 9.89. The van der Waals surface area contributed by atoms with E-state index in [-0.39, 0.29) is 0 Å². The van der Waals surface area contributed by atoms with Gasteiger partial charge in [0.05, 0.1) is 33.5 Å². The average Bonchev–Trinajstić information content (AvgIpc) is 2.80. The smallest absolute Gasteiger partial charge is 0.158 e. The van der Waals surface area contributed by atoms with Gasteiger partial charge in [-0.15, -0.1) is 0 Å². The molecule has 0 saturated carbocycles. The Balaban J connectivity index is 1.66. The third-order valence-electron chi connectivity index (χ3n) is 5.08. The standard InChI is InChI=1S/C21H27N5O3/c1-27-17-5-2-16(3-6-17)4-7-18-23-20(25-8-12-28-13-9-25)19(22)21(24-18)26-10-14-29-15-11-26/h2-7H,8-15,22H2,1H3/b7-4+. The largest absolute Gasteiger partial charge is 0.497 e. The number of aromatic nitrogens is 2. The van der Waals surface area contributed by atoms with Gasteiger partial charge in [-0.05, 0) is 23.8 Å². The van der Waals surface area contributed by atoms with Gasteiger partial charge < -0.3 is 29.7 Å². The summed E-state index contributed by atoms with van der Waals surface area (Å²) in [6.45, 7) is 5.77. The van der Waals surface area contributed by atoms with Crippen LogP contribution in [0.5, 0.6) is 5.75 Å². The monoisotopic (exact) mass is 397 g/mol. The first kappa shape index (κ1) is 19.5. The van der Waals surface area contributed by atoms with E-state index in [1.807, 2.05) is 36.4 Å². The number of ether oxygens (including phenoxy) is 3. The summed E-state index contributed by atoms with van der Waals surface area (Å²) in [5.41, 5.74) is 8.19. The number of nitrogens with zero attached hydrogens (tertiary/aromatic N) is 4. The minimum atomic E-state index is 0.621. The van der Waals surface area contributed by atoms with Gasteiger partial charge >= 0.3 is 0 Å². The van der Waals surface area contributed by atoms with Gasteiger partial charge in [0.1, 0.15) is 11.4 Å². The Morgan fingerprint density at radius 3 is 1.86 bits per heavy atom. The van der Waals surface area contributed by atoms with E-state index in [1.54, 1.807) is 7.11 Å². The van der Waals surface area contributed by atoms with E-state index in [0.29, 0.717) is 37.9 Å². The summed E-state index contributed by atoms with van der Waals surface area (Å²) in [6, 6.07) is 7.86. The average molecular weight is 397 g/mol. The third-order valence-corrected chi connectivity index (χ3v) is 5.08. The highest BCUT2D eigenvalue weighted by Crippen LogP contribution is 2.31. The second kappa shape index (κ2) is 9.11. The second-order valence-corrected chi connectivity index (χ2v) is 6.95. The number of hydrogen-bond acceptors (Lipinski definition) is 8. The van der Waals surface area contributed by atoms with Crippen LogP contribution in [0, 0.1) is 0 Å². The summed E-state index contributed by atoms with van der Waals surface area (Å²) in [4.78, 5) is 13.9. The van der Waals surface area contributed by atoms with Gasteiger partial charge in [-0.25, -0.2) is 9.97 Å². The van der Waals surface area contributed by atoms with Crippen LogP contribution in [0.15, 0.2) is 24.3 Å². The normalized spacial score (nSPS) is 17.7. The van der Waals surface area contributed by atoms with Crippen molar-refractivity contribution in [1.82, 2.24) is 9.97 Å². The van der Waals surface area contributed by atoms with Crippen molar-refractivity contribution in [3.8, 4) is 5.75 Å². The van der Waals surface area contributed by atoms with Crippen LogP contribution >= 0.6 is 0 Å². The molecule has 0 amide bonds. The van der Waals surface area contributed by atoms with Crippen LogP contribution in [0.2, 0.25) is 0 Å². The molecule has 1 aromatic carbocycles. The Labute approximate surface area is 170 Å². The summed E-state index contributed by atoms with van der Waals surface area (Å²) in [6.07, 6.45) is 3.92. The maximum atomic E-state index is 6.53. The van der Waals surface area contributed by atoms with Gasteiger partial charge in [-0.3, -0.25) is 0 Å². The summed E-state index contributed by atoms with van der Waals surface area (Å²) in [7, 11) is 1.66. The molecule has 2 N–H and O–H groups in total. The fraction of sp³-hybridized carbons (Fsp3) is 0.429. The molecule has 0 spiro atoms. The van der Waals surface area contributed by atoms with Crippen LogP contribution in [0.1, 0.15) is 11.4 Å². The van der Waals surface area contributed by atoms with E-state index < -0.39 is 0 Å². The quantitative estimate of drug-likeness (QED) is 0.819. The zero-order valence-corrected chi connectivity index (χ0v) is 16.7. The number of methoxy groups -OCH3 is 1. The fourth-order valence-corrected chi connectivity index (χ4v) is 3.46. The number of morpholine rings is 2. The number of nitrogen functional groups attached to an aromatic ring is 1. The van der Waals surface area contributed by atoms with Crippen molar-refractivity contribution in [3.63, 3.8) is 0 Å². The molecule has 0 radical (unpaired) electrons. The van der Waals surface area contributed by atoms with Crippen LogP contribution in [0.3, 0.4) is 0 Å². The minimum Gasteiger partial charge on any atom is -0.497 e. The van der Waals surface area contributed by atoms with E-state index in [2.05, 4.69) is 9.80 Å². The van der Waals surface area contributed by atoms with Gasteiger partial charge in [-0.1, -0.05) is 18.2 Å². The SMILES string of the molecule is COc1ccc(/C=C/c2nc(N3CCOCC3)c(N)c(N3CCOCC3)n2)cc1. The van der Waals surface area contributed by atoms with Crippen molar-refractivity contribution in [3.05, 3.63) is 35.7 Å². The second-order valence-electron chi connectivity index (χ2n) is 6.95. The topological polar surface area (TPSA) is 86.0 Å². The van der Waals surface area contributed by atoms with Gasteiger partial charge in [-0.2, -0.15) is 0 Å². The molecule has 4 rings (SSSR count). The highest BCUT2D eigenvalue weighted by molar-refractivity contribution is 5.79. The van der Waals surface area contributed by atoms with Crippen molar-refractivity contribution in [1.29, 1.82) is 0 Å². The number of benzene rings is 1. The minimum absolute atomic E-state index is 0.621. The van der Waals surface area contributed by atoms with E-state index >= 15 is 0 Å². The molecule has 0 aliphatic carbocycles. The molecule has 2 aliphatic rings. The Hall–Kier alpha value is -2.84. The van der Waals surface area contributed by atoms with Crippen LogP contribution in [-0.4, -0.2) is 69.7 Å². The molecule has 1 aromatic heterocycles. The maximum Gasteiger partial charge on any atom is 0.158 e. The fourth-order valence-electron chi connectivity index (χ4n) is 3.46. The maximum absolute atomic E-state index is 6.53. The highest BCUT2D eigenvalue weighted by atomic mass is 16.5. The third kappa shape index (κ3) is 4.60. The molecule has 2 aromatic rings. The molecule has 2 fully saturated rings. The number of nitrogens with two attached hydrogens (primary N) is 1. The number of rotatable bonds is 5. The molecular weight excluding hydrogens is 370 g/mol. The molecule has 0 unspecified atom stereocenters. The van der Waals surface area contributed by atoms with Crippen LogP contribution in [0.4, 0.5) is 17.3 Å². The first-order valence-corrected chi connectivity index (χ1v) is 9.89. The predicted octanol–water partition coefficient (Wildman–Crippen LogP) is 1.91. The predicted molar refractivity (Wildman–Crippen MR) is 114 cm³/mol. The van der Waals surface area contributed by atoms with Crippen molar-refractivity contribution in [2.24, 2.45) is 0 Å². The molecule has 0 atom stereocenters. The zero-order valence-electron chi connectivity index (χ0n) is 16.7. The lowest BCUT2D eigenvalue weighted by atomic mass is 10.2. The Bertz CT molecular complexity index is 805. The molecule has 29 heavy (non-hydrogen) atoms. The Kier molecular flexibility index (Phi) is 6.12. The van der Waals surface area contributed by atoms with E-state index in [0.717, 1.165) is 49.1 Å². The van der Waals surface area contributed by atoms with Crippen molar-refractivity contribution in [2.75, 3.05) is 75.2 Å². The summed E-state index contributed by atoms with van der Waals surface area (Å²) in [5.74, 6) is 3.02. The van der Waals surface area contributed by atoms with Crippen LogP contribution in [0.25, 0.3) is 12.2 Å². The highest BCUT2D eigenvalue weighted by Gasteiger charge is 2.23. The molecular formula is C21H27N5O3. The first-order chi connectivity index (χ1) is 14.2. The molecule has 3 heterocycles. The van der Waals surface area contributed by atoms with Crippen LogP contribution in [-0.2, 0) is 9.47 Å². The summed E-state index contributed by atoms with van der Waals surface area (Å²) in [5, 5.41) is 0. The zero-order chi connectivity index (χ0) is 20.1. The lowest BCUT2D eigenvalue weighted by Gasteiger charge is -2.32. The van der Waals surface area contributed by atoms with E-state index in [4.69, 9.17) is 29.9 Å². The number of anilines is 3. The Morgan fingerprint density at radius 2 is 1.38 bits per heavy atom. The van der Waals surface area contributed by atoms with Gasteiger partial charge in [0.2, 0.25) is 0 Å². The van der Waals surface area contributed by atoms with Crippen molar-refractivity contribution >= 4 is 29.5 Å². The van der Waals surface area contributed by atoms with Gasteiger partial charge in [0, 0.05) is 26.2 Å². The van der Waals surface area contributed by atoms with Crippen LogP contribution < -0.4 is 20.3 Å². The molecule has 8 heteroatoms. The van der Waals surface area contributed by atoms with Crippen molar-refractivity contribution in [2.45, 2.75) is 0 Å². The molecule has 2 aliphatic heterocycles. The van der Waals surface area contributed by atoms with E-state index in [9.17, 15) is 0 Å². The molecule has 8 nitrogen and oxygen atoms in total. The summed E-state index contributed by atoms with van der Waals surface area (Å²) < 4.78 is 16.2. The molecule has 2 saturated heterocycles. The number of hydrogen-bond donors (Lipinski definition) is 1. The molecule has 0 bridgehead atoms. The van der Waals surface area contributed by atoms with Gasteiger partial charge in [0.15, 0.2) is 17.5 Å². The summed E-state index contributed by atoms with van der Waals surface area (Å²) >= 11 is 0. The van der Waals surface area contributed by atoms with Crippen molar-refractivity contribution < 1.29 is 14.2 Å². The lowest BCUT2D eigenvalue weighted by molar-refractivity contribution is 0.122. The Morgan fingerprint density at radius 1 is 0.862 bits per heavy atom. The van der Waals surface area contributed by atoms with Gasteiger partial charge in [0.25, 0.3) is 0 Å².